The lowest BCUT2D eigenvalue weighted by Crippen LogP contribution is -2.22. The SMILES string of the molecule is CC(C)(C)Oc1ccc(CNc2ccccc2F)cc1. The Kier molecular flexibility index (Phi) is 4.28. The summed E-state index contributed by atoms with van der Waals surface area (Å²) in [6, 6.07) is 14.5. The molecule has 0 saturated heterocycles. The van der Waals surface area contributed by atoms with Gasteiger partial charge in [-0.05, 0) is 50.6 Å². The number of anilines is 1. The molecule has 0 spiro atoms. The van der Waals surface area contributed by atoms with E-state index >= 15 is 0 Å². The summed E-state index contributed by atoms with van der Waals surface area (Å²) in [7, 11) is 0. The van der Waals surface area contributed by atoms with Crippen LogP contribution in [0.5, 0.6) is 5.75 Å². The van der Waals surface area contributed by atoms with Crippen LogP contribution >= 0.6 is 0 Å². The van der Waals surface area contributed by atoms with E-state index in [0.29, 0.717) is 12.2 Å². The number of hydrogen-bond acceptors (Lipinski definition) is 2. The van der Waals surface area contributed by atoms with Crippen LogP contribution in [0.25, 0.3) is 0 Å². The van der Waals surface area contributed by atoms with Crippen molar-refractivity contribution in [3.8, 4) is 5.75 Å². The third-order valence-electron chi connectivity index (χ3n) is 2.70. The van der Waals surface area contributed by atoms with Crippen molar-refractivity contribution in [1.29, 1.82) is 0 Å². The van der Waals surface area contributed by atoms with Crippen molar-refractivity contribution in [3.63, 3.8) is 0 Å². The minimum absolute atomic E-state index is 0.201. The largest absolute Gasteiger partial charge is 0.488 e. The molecule has 0 bridgehead atoms. The fraction of sp³-hybridized carbons (Fsp3) is 0.294. The zero-order chi connectivity index (χ0) is 14.6. The smallest absolute Gasteiger partial charge is 0.146 e. The first kappa shape index (κ1) is 14.4. The first-order chi connectivity index (χ1) is 9.44. The van der Waals surface area contributed by atoms with E-state index in [0.717, 1.165) is 11.3 Å². The van der Waals surface area contributed by atoms with Gasteiger partial charge in [0, 0.05) is 6.54 Å². The number of halogens is 1. The molecule has 2 rings (SSSR count). The molecular formula is C17H20FNO. The third-order valence-corrected chi connectivity index (χ3v) is 2.70. The highest BCUT2D eigenvalue weighted by Gasteiger charge is 2.11. The minimum Gasteiger partial charge on any atom is -0.488 e. The van der Waals surface area contributed by atoms with Gasteiger partial charge in [-0.3, -0.25) is 0 Å². The molecule has 1 N–H and O–H groups in total. The summed E-state index contributed by atoms with van der Waals surface area (Å²) >= 11 is 0. The molecule has 0 fully saturated rings. The fourth-order valence-electron chi connectivity index (χ4n) is 1.83. The van der Waals surface area contributed by atoms with Crippen LogP contribution in [0.4, 0.5) is 10.1 Å². The van der Waals surface area contributed by atoms with Crippen molar-refractivity contribution in [2.45, 2.75) is 32.9 Å². The second kappa shape index (κ2) is 5.95. The van der Waals surface area contributed by atoms with E-state index in [-0.39, 0.29) is 11.4 Å². The van der Waals surface area contributed by atoms with E-state index in [1.807, 2.05) is 51.1 Å². The average Bonchev–Trinajstić information content (AvgIpc) is 2.38. The second-order valence-corrected chi connectivity index (χ2v) is 5.69. The Morgan fingerprint density at radius 3 is 2.25 bits per heavy atom. The molecule has 0 aliphatic rings. The molecule has 0 aliphatic carbocycles. The van der Waals surface area contributed by atoms with Crippen molar-refractivity contribution >= 4 is 5.69 Å². The van der Waals surface area contributed by atoms with Crippen LogP contribution in [0.1, 0.15) is 26.3 Å². The molecule has 3 heteroatoms. The second-order valence-electron chi connectivity index (χ2n) is 5.69. The van der Waals surface area contributed by atoms with Gasteiger partial charge in [0.25, 0.3) is 0 Å². The van der Waals surface area contributed by atoms with E-state index in [1.54, 1.807) is 12.1 Å². The van der Waals surface area contributed by atoms with Crippen molar-refractivity contribution in [3.05, 3.63) is 59.9 Å². The highest BCUT2D eigenvalue weighted by Crippen LogP contribution is 2.19. The third kappa shape index (κ3) is 4.26. The summed E-state index contributed by atoms with van der Waals surface area (Å²) in [5, 5.41) is 3.08. The van der Waals surface area contributed by atoms with Gasteiger partial charge in [-0.2, -0.15) is 0 Å². The van der Waals surface area contributed by atoms with Crippen molar-refractivity contribution in [1.82, 2.24) is 0 Å². The maximum absolute atomic E-state index is 13.5. The van der Waals surface area contributed by atoms with Crippen molar-refractivity contribution in [2.24, 2.45) is 0 Å². The summed E-state index contributed by atoms with van der Waals surface area (Å²) in [5.74, 6) is 0.604. The lowest BCUT2D eigenvalue weighted by molar-refractivity contribution is 0.131. The van der Waals surface area contributed by atoms with E-state index in [2.05, 4.69) is 5.32 Å². The summed E-state index contributed by atoms with van der Waals surface area (Å²) in [6.07, 6.45) is 0. The van der Waals surface area contributed by atoms with Gasteiger partial charge in [0.1, 0.15) is 17.2 Å². The first-order valence-corrected chi connectivity index (χ1v) is 6.70. The van der Waals surface area contributed by atoms with Gasteiger partial charge in [-0.25, -0.2) is 4.39 Å². The molecule has 2 aromatic rings. The van der Waals surface area contributed by atoms with Crippen molar-refractivity contribution in [2.75, 3.05) is 5.32 Å². The summed E-state index contributed by atoms with van der Waals surface area (Å²) in [6.45, 7) is 6.62. The van der Waals surface area contributed by atoms with Crippen LogP contribution < -0.4 is 10.1 Å². The topological polar surface area (TPSA) is 21.3 Å². The molecule has 0 heterocycles. The number of ether oxygens (including phenoxy) is 1. The predicted molar refractivity (Wildman–Crippen MR) is 80.5 cm³/mol. The molecule has 0 aromatic heterocycles. The van der Waals surface area contributed by atoms with Gasteiger partial charge in [0.05, 0.1) is 5.69 Å². The number of para-hydroxylation sites is 1. The van der Waals surface area contributed by atoms with Crippen LogP contribution in [-0.4, -0.2) is 5.60 Å². The van der Waals surface area contributed by atoms with Crippen molar-refractivity contribution < 1.29 is 9.13 Å². The predicted octanol–water partition coefficient (Wildman–Crippen LogP) is 4.62. The zero-order valence-corrected chi connectivity index (χ0v) is 12.1. The lowest BCUT2D eigenvalue weighted by atomic mass is 10.1. The quantitative estimate of drug-likeness (QED) is 0.878. The van der Waals surface area contributed by atoms with Gasteiger partial charge in [0.15, 0.2) is 0 Å². The molecule has 0 aliphatic heterocycles. The fourth-order valence-corrected chi connectivity index (χ4v) is 1.83. The van der Waals surface area contributed by atoms with E-state index in [4.69, 9.17) is 4.74 Å². The Hall–Kier alpha value is -2.03. The Bertz CT molecular complexity index is 558. The van der Waals surface area contributed by atoms with Crippen LogP contribution in [0.15, 0.2) is 48.5 Å². The molecule has 0 atom stereocenters. The molecule has 0 saturated carbocycles. The van der Waals surface area contributed by atoms with E-state index in [1.165, 1.54) is 6.07 Å². The lowest BCUT2D eigenvalue weighted by Gasteiger charge is -2.21. The Balaban J connectivity index is 1.96. The summed E-state index contributed by atoms with van der Waals surface area (Å²) in [5.41, 5.74) is 1.39. The normalized spacial score (nSPS) is 11.2. The maximum atomic E-state index is 13.5. The number of rotatable bonds is 4. The highest BCUT2D eigenvalue weighted by atomic mass is 19.1. The summed E-state index contributed by atoms with van der Waals surface area (Å²) < 4.78 is 19.2. The zero-order valence-electron chi connectivity index (χ0n) is 12.1. The average molecular weight is 273 g/mol. The Morgan fingerprint density at radius 2 is 1.65 bits per heavy atom. The highest BCUT2D eigenvalue weighted by molar-refractivity contribution is 5.45. The van der Waals surface area contributed by atoms with Crippen LogP contribution in [0, 0.1) is 5.82 Å². The molecule has 0 amide bonds. The standard InChI is InChI=1S/C17H20FNO/c1-17(2,3)20-14-10-8-13(9-11-14)12-19-16-7-5-4-6-15(16)18/h4-11,19H,12H2,1-3H3. The monoisotopic (exact) mass is 273 g/mol. The number of hydrogen-bond donors (Lipinski definition) is 1. The van der Waals surface area contributed by atoms with Crippen LogP contribution in [0.3, 0.4) is 0 Å². The maximum Gasteiger partial charge on any atom is 0.146 e. The van der Waals surface area contributed by atoms with Crippen LogP contribution in [-0.2, 0) is 6.54 Å². The number of benzene rings is 2. The Labute approximate surface area is 119 Å². The number of nitrogens with one attached hydrogen (secondary N) is 1. The van der Waals surface area contributed by atoms with Gasteiger partial charge >= 0.3 is 0 Å². The Morgan fingerprint density at radius 1 is 1.00 bits per heavy atom. The molecule has 2 nitrogen and oxygen atoms in total. The molecule has 0 radical (unpaired) electrons. The summed E-state index contributed by atoms with van der Waals surface area (Å²) in [4.78, 5) is 0. The molecule has 2 aromatic carbocycles. The first-order valence-electron chi connectivity index (χ1n) is 6.70. The van der Waals surface area contributed by atoms with E-state index in [9.17, 15) is 4.39 Å². The van der Waals surface area contributed by atoms with Gasteiger partial charge in [-0.1, -0.05) is 24.3 Å². The van der Waals surface area contributed by atoms with Crippen LogP contribution in [0.2, 0.25) is 0 Å². The van der Waals surface area contributed by atoms with Gasteiger partial charge < -0.3 is 10.1 Å². The molecule has 20 heavy (non-hydrogen) atoms. The van der Waals surface area contributed by atoms with Gasteiger partial charge in [-0.15, -0.1) is 0 Å². The van der Waals surface area contributed by atoms with E-state index < -0.39 is 0 Å². The molecular weight excluding hydrogens is 253 g/mol. The molecule has 0 unspecified atom stereocenters. The molecule has 106 valence electrons. The van der Waals surface area contributed by atoms with Gasteiger partial charge in [0.2, 0.25) is 0 Å². The minimum atomic E-state index is -0.236.